The molecule has 0 saturated heterocycles. The number of methoxy groups -OCH3 is 1. The number of sulfonamides is 1. The van der Waals surface area contributed by atoms with Crippen LogP contribution in [-0.2, 0) is 23.5 Å². The lowest BCUT2D eigenvalue weighted by Crippen LogP contribution is -2.25. The number of aromatic nitrogens is 4. The van der Waals surface area contributed by atoms with Gasteiger partial charge in [-0.1, -0.05) is 12.1 Å². The van der Waals surface area contributed by atoms with Crippen LogP contribution in [0.2, 0.25) is 0 Å². The fourth-order valence-electron chi connectivity index (χ4n) is 4.54. The van der Waals surface area contributed by atoms with Crippen LogP contribution in [0.1, 0.15) is 5.69 Å². The number of halogens is 1. The number of fused-ring (bicyclic) bond motifs is 3. The Morgan fingerprint density at radius 3 is 2.59 bits per heavy atom. The molecule has 5 rings (SSSR count). The predicted octanol–water partition coefficient (Wildman–Crippen LogP) is 4.52. The average Bonchev–Trinajstić information content (AvgIpc) is 3.21. The number of benzene rings is 2. The van der Waals surface area contributed by atoms with E-state index in [1.807, 2.05) is 36.1 Å². The summed E-state index contributed by atoms with van der Waals surface area (Å²) in [5.74, 6) is 1.44. The molecule has 0 unspecified atom stereocenters. The molecule has 2 aromatic heterocycles. The lowest BCUT2D eigenvalue weighted by atomic mass is 10.0. The van der Waals surface area contributed by atoms with E-state index in [-0.39, 0.29) is 0 Å². The van der Waals surface area contributed by atoms with Crippen molar-refractivity contribution < 1.29 is 13.2 Å². The number of hydrogen-bond donors (Lipinski definition) is 2. The molecule has 4 aromatic rings. The average molecular weight is 614 g/mol. The molecule has 3 heterocycles. The molecule has 0 bridgehead atoms. The zero-order valence-electron chi connectivity index (χ0n) is 22.2. The molecule has 204 valence electrons. The van der Waals surface area contributed by atoms with Crippen molar-refractivity contribution in [2.24, 2.45) is 7.05 Å². The highest BCUT2D eigenvalue weighted by Gasteiger charge is 2.24. The highest BCUT2D eigenvalue weighted by Crippen LogP contribution is 2.42. The van der Waals surface area contributed by atoms with Gasteiger partial charge >= 0.3 is 0 Å². The van der Waals surface area contributed by atoms with Crippen LogP contribution in [-0.4, -0.2) is 62.2 Å². The second kappa shape index (κ2) is 10.4. The number of ether oxygens (including phenoxy) is 1. The topological polar surface area (TPSA) is 118 Å². The molecule has 1 aliphatic rings. The van der Waals surface area contributed by atoms with Crippen molar-refractivity contribution in [3.05, 3.63) is 59.0 Å². The van der Waals surface area contributed by atoms with Gasteiger partial charge in [0.05, 0.1) is 41.1 Å². The Hall–Kier alpha value is -3.84. The van der Waals surface area contributed by atoms with Crippen LogP contribution in [0.15, 0.2) is 53.3 Å². The molecule has 0 amide bonds. The number of para-hydroxylation sites is 2. The van der Waals surface area contributed by atoms with Gasteiger partial charge in [-0.25, -0.2) is 13.4 Å². The van der Waals surface area contributed by atoms with Crippen molar-refractivity contribution in [3.8, 4) is 16.9 Å². The van der Waals surface area contributed by atoms with E-state index in [1.54, 1.807) is 31.5 Å². The Labute approximate surface area is 236 Å². The summed E-state index contributed by atoms with van der Waals surface area (Å²) in [6.07, 6.45) is 5.56. The highest BCUT2D eigenvalue weighted by molar-refractivity contribution is 9.10. The van der Waals surface area contributed by atoms with Gasteiger partial charge in [-0.15, -0.1) is 0 Å². The van der Waals surface area contributed by atoms with Crippen LogP contribution in [0.4, 0.5) is 34.5 Å². The van der Waals surface area contributed by atoms with Crippen LogP contribution in [0.3, 0.4) is 0 Å². The van der Waals surface area contributed by atoms with Crippen molar-refractivity contribution in [2.45, 2.75) is 6.42 Å². The molecule has 0 fully saturated rings. The molecule has 0 spiro atoms. The third-order valence-electron chi connectivity index (χ3n) is 6.75. The number of anilines is 6. The third-order valence-corrected chi connectivity index (χ3v) is 8.52. The predicted molar refractivity (Wildman–Crippen MR) is 158 cm³/mol. The van der Waals surface area contributed by atoms with E-state index < -0.39 is 10.0 Å². The van der Waals surface area contributed by atoms with Crippen molar-refractivity contribution in [1.82, 2.24) is 19.7 Å². The summed E-state index contributed by atoms with van der Waals surface area (Å²) in [7, 11) is 3.71. The first-order chi connectivity index (χ1) is 18.6. The summed E-state index contributed by atoms with van der Waals surface area (Å²) in [6, 6.07) is 11.2. The first-order valence-corrected chi connectivity index (χ1v) is 14.7. The Morgan fingerprint density at radius 1 is 1.08 bits per heavy atom. The quantitative estimate of drug-likeness (QED) is 0.310. The van der Waals surface area contributed by atoms with Gasteiger partial charge in [0.15, 0.2) is 0 Å². The molecule has 39 heavy (non-hydrogen) atoms. The van der Waals surface area contributed by atoms with Crippen LogP contribution in [0, 0.1) is 0 Å². The fraction of sp³-hybridized carbons (Fsp3) is 0.269. The van der Waals surface area contributed by atoms with Crippen LogP contribution in [0.5, 0.6) is 5.75 Å². The lowest BCUT2D eigenvalue weighted by Gasteiger charge is -2.22. The number of hydrogen-bond acceptors (Lipinski definition) is 9. The maximum atomic E-state index is 12.2. The summed E-state index contributed by atoms with van der Waals surface area (Å²) >= 11 is 3.50. The number of rotatable bonds is 7. The first kappa shape index (κ1) is 26.8. The largest absolute Gasteiger partial charge is 0.494 e. The van der Waals surface area contributed by atoms with Crippen LogP contribution >= 0.6 is 15.9 Å². The van der Waals surface area contributed by atoms with Crippen LogP contribution < -0.4 is 24.6 Å². The second-order valence-corrected chi connectivity index (χ2v) is 12.1. The molecule has 0 radical (unpaired) electrons. The Balaban J connectivity index is 1.51. The standard InChI is InChI=1S/C26H29BrN8O3S/c1-33-11-10-21-17(14-29-34(21)2)16-12-20(24(38-4)13-23(16)33)31-26-28-15-18(27)25(32-26)30-19-8-6-7-9-22(19)35(3)39(5,36)37/h6-9,12-15H,10-11H2,1-5H3,(H2,28,30,31,32). The normalized spacial score (nSPS) is 12.8. The lowest BCUT2D eigenvalue weighted by molar-refractivity contribution is 0.417. The maximum absolute atomic E-state index is 12.2. The van der Waals surface area contributed by atoms with Crippen molar-refractivity contribution in [2.75, 3.05) is 53.8 Å². The molecule has 0 atom stereocenters. The molecule has 11 nitrogen and oxygen atoms in total. The maximum Gasteiger partial charge on any atom is 0.232 e. The van der Waals surface area contributed by atoms with Gasteiger partial charge < -0.3 is 20.3 Å². The van der Waals surface area contributed by atoms with Gasteiger partial charge in [0, 0.05) is 68.9 Å². The van der Waals surface area contributed by atoms with Crippen LogP contribution in [0.25, 0.3) is 11.1 Å². The molecule has 0 saturated carbocycles. The van der Waals surface area contributed by atoms with Crippen molar-refractivity contribution >= 4 is 60.5 Å². The van der Waals surface area contributed by atoms with E-state index in [0.29, 0.717) is 39.1 Å². The Bertz CT molecular complexity index is 1660. The molecule has 2 aromatic carbocycles. The number of nitrogens with zero attached hydrogens (tertiary/aromatic N) is 6. The monoisotopic (exact) mass is 612 g/mol. The van der Waals surface area contributed by atoms with Crippen molar-refractivity contribution in [3.63, 3.8) is 0 Å². The van der Waals surface area contributed by atoms with Gasteiger partial charge in [0.1, 0.15) is 11.6 Å². The summed E-state index contributed by atoms with van der Waals surface area (Å²) in [5.41, 5.74) is 6.10. The molecule has 0 aliphatic carbocycles. The minimum atomic E-state index is -3.46. The highest BCUT2D eigenvalue weighted by atomic mass is 79.9. The smallest absolute Gasteiger partial charge is 0.232 e. The van der Waals surface area contributed by atoms with E-state index in [9.17, 15) is 8.42 Å². The van der Waals surface area contributed by atoms with Gasteiger partial charge in [0.25, 0.3) is 0 Å². The zero-order chi connectivity index (χ0) is 27.9. The summed E-state index contributed by atoms with van der Waals surface area (Å²) in [4.78, 5) is 11.3. The number of likely N-dealkylation sites (N-methyl/N-ethyl adjacent to an activating group) is 1. The zero-order valence-corrected chi connectivity index (χ0v) is 24.6. The third kappa shape index (κ3) is 5.23. The summed E-state index contributed by atoms with van der Waals surface area (Å²) in [5, 5.41) is 11.0. The van der Waals surface area contributed by atoms with E-state index in [1.165, 1.54) is 17.0 Å². The molecular formula is C26H29BrN8O3S. The molecule has 2 N–H and O–H groups in total. The first-order valence-electron chi connectivity index (χ1n) is 12.1. The summed E-state index contributed by atoms with van der Waals surface area (Å²) < 4.78 is 33.8. The molecule has 1 aliphatic heterocycles. The Morgan fingerprint density at radius 2 is 1.85 bits per heavy atom. The van der Waals surface area contributed by atoms with Crippen molar-refractivity contribution in [1.29, 1.82) is 0 Å². The van der Waals surface area contributed by atoms with Gasteiger partial charge in [0.2, 0.25) is 16.0 Å². The van der Waals surface area contributed by atoms with E-state index in [0.717, 1.165) is 36.0 Å². The Kier molecular flexibility index (Phi) is 7.12. The van der Waals surface area contributed by atoms with Gasteiger partial charge in [-0.3, -0.25) is 8.99 Å². The number of nitrogens with one attached hydrogen (secondary N) is 2. The van der Waals surface area contributed by atoms with Gasteiger partial charge in [-0.2, -0.15) is 10.1 Å². The van der Waals surface area contributed by atoms with E-state index in [2.05, 4.69) is 53.6 Å². The van der Waals surface area contributed by atoms with Gasteiger partial charge in [-0.05, 0) is 34.1 Å². The van der Waals surface area contributed by atoms with E-state index in [4.69, 9.17) is 4.74 Å². The minimum Gasteiger partial charge on any atom is -0.494 e. The fourth-order valence-corrected chi connectivity index (χ4v) is 5.35. The second-order valence-electron chi connectivity index (χ2n) is 9.26. The summed E-state index contributed by atoms with van der Waals surface area (Å²) in [6.45, 7) is 0.857. The SMILES string of the molecule is COc1cc2c(cc1Nc1ncc(Br)c(Nc3ccccc3N(C)S(C)(=O)=O)n1)-c1cnn(C)c1CCN2C. The molecule has 13 heteroatoms. The number of aryl methyl sites for hydroxylation is 1. The molecular weight excluding hydrogens is 584 g/mol. The minimum absolute atomic E-state index is 0.335. The van der Waals surface area contributed by atoms with E-state index >= 15 is 0 Å².